The lowest BCUT2D eigenvalue weighted by atomic mass is 10.1. The summed E-state index contributed by atoms with van der Waals surface area (Å²) >= 11 is 0. The van der Waals surface area contributed by atoms with Crippen LogP contribution in [0.3, 0.4) is 0 Å². The Morgan fingerprint density at radius 2 is 2.11 bits per heavy atom. The summed E-state index contributed by atoms with van der Waals surface area (Å²) in [6.45, 7) is 0. The van der Waals surface area contributed by atoms with Gasteiger partial charge in [-0.15, -0.1) is 0 Å². The number of Topliss-reactive ketones (excluding diaryl/α,β-unsaturated/α-hetero) is 1. The minimum Gasteiger partial charge on any atom is -0.360 e. The van der Waals surface area contributed by atoms with Crippen LogP contribution in [0, 0.1) is 11.3 Å². The molecule has 3 nitrogen and oxygen atoms in total. The van der Waals surface area contributed by atoms with E-state index in [2.05, 4.69) is 4.98 Å². The van der Waals surface area contributed by atoms with E-state index in [0.717, 1.165) is 0 Å². The van der Waals surface area contributed by atoms with Crippen LogP contribution in [0.1, 0.15) is 22.3 Å². The summed E-state index contributed by atoms with van der Waals surface area (Å²) in [6.07, 6.45) is -4.80. The number of nitrogens with zero attached hydrogens (tertiary/aromatic N) is 1. The van der Waals surface area contributed by atoms with Crippen LogP contribution in [0.4, 0.5) is 13.2 Å². The van der Waals surface area contributed by atoms with E-state index in [1.165, 1.54) is 18.3 Å². The van der Waals surface area contributed by atoms with Crippen molar-refractivity contribution in [1.29, 1.82) is 5.26 Å². The predicted octanol–water partition coefficient (Wildman–Crippen LogP) is 3.17. The molecule has 0 aliphatic heterocycles. The van der Waals surface area contributed by atoms with Crippen LogP contribution in [-0.2, 0) is 0 Å². The van der Waals surface area contributed by atoms with E-state index >= 15 is 0 Å². The first-order chi connectivity index (χ1) is 8.40. The molecule has 0 amide bonds. The quantitative estimate of drug-likeness (QED) is 0.834. The van der Waals surface area contributed by atoms with E-state index in [-0.39, 0.29) is 5.56 Å². The van der Waals surface area contributed by atoms with Gasteiger partial charge in [-0.25, -0.2) is 0 Å². The molecule has 0 aliphatic rings. The Morgan fingerprint density at radius 1 is 1.39 bits per heavy atom. The fourth-order valence-corrected chi connectivity index (χ4v) is 1.70. The Bertz CT molecular complexity index is 649. The standard InChI is InChI=1S/C12H7F3N2O/c13-12(14,15)4-11(18)9-6-17-10-2-1-7(5-16)3-8(9)10/h1-3,6,17H,4H2. The van der Waals surface area contributed by atoms with Gasteiger partial charge in [0.05, 0.1) is 11.6 Å². The van der Waals surface area contributed by atoms with Gasteiger partial charge in [0.1, 0.15) is 6.42 Å². The number of carbonyl (C=O) groups is 1. The number of H-pyrrole nitrogens is 1. The second-order valence-electron chi connectivity index (χ2n) is 3.79. The number of hydrogen-bond donors (Lipinski definition) is 1. The molecular formula is C12H7F3N2O. The lowest BCUT2D eigenvalue weighted by Gasteiger charge is -2.04. The molecule has 0 atom stereocenters. The summed E-state index contributed by atoms with van der Waals surface area (Å²) in [7, 11) is 0. The molecule has 1 aromatic heterocycles. The SMILES string of the molecule is N#Cc1ccc2[nH]cc(C(=O)CC(F)(F)F)c2c1. The normalized spacial score (nSPS) is 11.4. The zero-order valence-electron chi connectivity index (χ0n) is 9.01. The summed E-state index contributed by atoms with van der Waals surface area (Å²) < 4.78 is 36.5. The molecule has 0 saturated heterocycles. The number of nitriles is 1. The Labute approximate surface area is 99.8 Å². The number of alkyl halides is 3. The summed E-state index contributed by atoms with van der Waals surface area (Å²) in [6, 6.07) is 6.35. The predicted molar refractivity (Wildman–Crippen MR) is 58.0 cm³/mol. The van der Waals surface area contributed by atoms with Gasteiger partial charge >= 0.3 is 6.18 Å². The van der Waals surface area contributed by atoms with Crippen LogP contribution >= 0.6 is 0 Å². The number of carbonyl (C=O) groups excluding carboxylic acids is 1. The minimum atomic E-state index is -4.53. The zero-order chi connectivity index (χ0) is 13.3. The smallest absolute Gasteiger partial charge is 0.360 e. The molecule has 2 rings (SSSR count). The van der Waals surface area contributed by atoms with E-state index < -0.39 is 18.4 Å². The Kier molecular flexibility index (Phi) is 2.83. The highest BCUT2D eigenvalue weighted by Crippen LogP contribution is 2.26. The van der Waals surface area contributed by atoms with Gasteiger partial charge in [-0.3, -0.25) is 4.79 Å². The number of aromatic nitrogens is 1. The Balaban J connectivity index is 2.46. The lowest BCUT2D eigenvalue weighted by Crippen LogP contribution is -2.14. The van der Waals surface area contributed by atoms with Gasteiger partial charge in [-0.1, -0.05) is 0 Å². The maximum Gasteiger partial charge on any atom is 0.396 e. The molecular weight excluding hydrogens is 245 g/mol. The van der Waals surface area contributed by atoms with Gasteiger partial charge < -0.3 is 4.98 Å². The second-order valence-corrected chi connectivity index (χ2v) is 3.79. The molecule has 0 radical (unpaired) electrons. The first-order valence-corrected chi connectivity index (χ1v) is 5.02. The summed E-state index contributed by atoms with van der Waals surface area (Å²) in [5.74, 6) is -1.01. The van der Waals surface area contributed by atoms with Crippen molar-refractivity contribution in [3.8, 4) is 6.07 Å². The summed E-state index contributed by atoms with van der Waals surface area (Å²) in [5, 5.41) is 9.06. The fourth-order valence-electron chi connectivity index (χ4n) is 1.70. The van der Waals surface area contributed by atoms with Crippen LogP contribution in [0.15, 0.2) is 24.4 Å². The van der Waals surface area contributed by atoms with Crippen LogP contribution in [-0.4, -0.2) is 16.9 Å². The van der Waals surface area contributed by atoms with E-state index in [4.69, 9.17) is 5.26 Å². The molecule has 0 saturated carbocycles. The molecule has 18 heavy (non-hydrogen) atoms. The third-order valence-corrected chi connectivity index (χ3v) is 2.47. The average Bonchev–Trinajstić information content (AvgIpc) is 2.69. The van der Waals surface area contributed by atoms with Crippen molar-refractivity contribution in [2.45, 2.75) is 12.6 Å². The Morgan fingerprint density at radius 3 is 2.72 bits per heavy atom. The zero-order valence-corrected chi connectivity index (χ0v) is 9.01. The van der Waals surface area contributed by atoms with Gasteiger partial charge in [0.15, 0.2) is 5.78 Å². The average molecular weight is 252 g/mol. The van der Waals surface area contributed by atoms with Crippen LogP contribution < -0.4 is 0 Å². The molecule has 2 aromatic rings. The number of benzene rings is 1. The molecule has 1 heterocycles. The third-order valence-electron chi connectivity index (χ3n) is 2.47. The number of aromatic amines is 1. The molecule has 0 aliphatic carbocycles. The molecule has 0 unspecified atom stereocenters. The monoisotopic (exact) mass is 252 g/mol. The van der Waals surface area contributed by atoms with Gasteiger partial charge in [0.25, 0.3) is 0 Å². The number of hydrogen-bond acceptors (Lipinski definition) is 2. The number of rotatable bonds is 2. The van der Waals surface area contributed by atoms with Crippen LogP contribution in [0.2, 0.25) is 0 Å². The van der Waals surface area contributed by atoms with E-state index in [9.17, 15) is 18.0 Å². The third kappa shape index (κ3) is 2.35. The van der Waals surface area contributed by atoms with Crippen molar-refractivity contribution in [1.82, 2.24) is 4.98 Å². The second kappa shape index (κ2) is 4.18. The highest BCUT2D eigenvalue weighted by molar-refractivity contribution is 6.08. The lowest BCUT2D eigenvalue weighted by molar-refractivity contribution is -0.125. The fraction of sp³-hybridized carbons (Fsp3) is 0.167. The Hall–Kier alpha value is -2.29. The van der Waals surface area contributed by atoms with Gasteiger partial charge in [0.2, 0.25) is 0 Å². The molecule has 1 aromatic carbocycles. The highest BCUT2D eigenvalue weighted by Gasteiger charge is 2.32. The number of ketones is 1. The largest absolute Gasteiger partial charge is 0.396 e. The first-order valence-electron chi connectivity index (χ1n) is 5.02. The minimum absolute atomic E-state index is 0.0422. The highest BCUT2D eigenvalue weighted by atomic mass is 19.4. The van der Waals surface area contributed by atoms with Crippen molar-refractivity contribution >= 4 is 16.7 Å². The van der Waals surface area contributed by atoms with Crippen LogP contribution in [0.25, 0.3) is 10.9 Å². The van der Waals surface area contributed by atoms with Crippen molar-refractivity contribution in [3.63, 3.8) is 0 Å². The molecule has 92 valence electrons. The van der Waals surface area contributed by atoms with Crippen LogP contribution in [0.5, 0.6) is 0 Å². The maximum absolute atomic E-state index is 12.2. The van der Waals surface area contributed by atoms with E-state index in [0.29, 0.717) is 16.5 Å². The van der Waals surface area contributed by atoms with E-state index in [1.807, 2.05) is 6.07 Å². The number of nitrogens with one attached hydrogen (secondary N) is 1. The van der Waals surface area contributed by atoms with Crippen molar-refractivity contribution in [3.05, 3.63) is 35.5 Å². The molecule has 6 heteroatoms. The van der Waals surface area contributed by atoms with Gasteiger partial charge in [-0.2, -0.15) is 18.4 Å². The van der Waals surface area contributed by atoms with Crippen molar-refractivity contribution < 1.29 is 18.0 Å². The van der Waals surface area contributed by atoms with Gasteiger partial charge in [-0.05, 0) is 18.2 Å². The molecule has 1 N–H and O–H groups in total. The molecule has 0 fully saturated rings. The van der Waals surface area contributed by atoms with Gasteiger partial charge in [0, 0.05) is 22.7 Å². The number of fused-ring (bicyclic) bond motifs is 1. The number of halogens is 3. The maximum atomic E-state index is 12.2. The first kappa shape index (κ1) is 12.2. The van der Waals surface area contributed by atoms with E-state index in [1.54, 1.807) is 6.07 Å². The molecule has 0 bridgehead atoms. The molecule has 0 spiro atoms. The van der Waals surface area contributed by atoms with Crippen molar-refractivity contribution in [2.24, 2.45) is 0 Å². The summed E-state index contributed by atoms with van der Waals surface area (Å²) in [5.41, 5.74) is 0.780. The summed E-state index contributed by atoms with van der Waals surface area (Å²) in [4.78, 5) is 14.2. The topological polar surface area (TPSA) is 56.6 Å². The van der Waals surface area contributed by atoms with Crippen molar-refractivity contribution in [2.75, 3.05) is 0 Å².